The van der Waals surface area contributed by atoms with Crippen molar-refractivity contribution in [3.63, 3.8) is 0 Å². The molecule has 0 saturated carbocycles. The number of thiocarbonyl (C=S) groups is 1. The van der Waals surface area contributed by atoms with Gasteiger partial charge in [-0.25, -0.2) is 0 Å². The molecule has 0 aliphatic carbocycles. The molecule has 39 valence electrons. The van der Waals surface area contributed by atoms with Gasteiger partial charge in [0.25, 0.3) is 0 Å². The zero-order chi connectivity index (χ0) is 6.57. The Morgan fingerprint density at radius 1 is 1.62 bits per heavy atom. The van der Waals surface area contributed by atoms with Crippen molar-refractivity contribution in [2.45, 2.75) is 0 Å². The lowest BCUT2D eigenvalue weighted by atomic mass is 10.4. The lowest BCUT2D eigenvalue weighted by molar-refractivity contribution is 1.56. The van der Waals surface area contributed by atoms with E-state index in [1.54, 1.807) is 11.9 Å². The highest BCUT2D eigenvalue weighted by Crippen LogP contribution is 1.95. The van der Waals surface area contributed by atoms with Crippen molar-refractivity contribution in [2.24, 2.45) is 0 Å². The maximum Gasteiger partial charge on any atom is 0.138 e. The number of nitrogens with zero attached hydrogens (tertiary/aromatic N) is 2. The van der Waals surface area contributed by atoms with Gasteiger partial charge in [0.2, 0.25) is 0 Å². The van der Waals surface area contributed by atoms with Crippen molar-refractivity contribution in [1.82, 2.24) is 5.41 Å². The minimum Gasteiger partial charge on any atom is -0.191 e. The molecule has 0 rings (SSSR count). The summed E-state index contributed by atoms with van der Waals surface area (Å²) in [5.41, 5.74) is 0. The second-order valence-corrected chi connectivity index (χ2v) is 1.76. The number of thiol groups is 1. The number of hydrogen-bond acceptors (Lipinski definition) is 3. The molecule has 0 spiro atoms. The van der Waals surface area contributed by atoms with Gasteiger partial charge in [-0.3, -0.25) is 0 Å². The van der Waals surface area contributed by atoms with Crippen LogP contribution in [-0.2, 0) is 0 Å². The average molecular weight is 141 g/mol. The summed E-state index contributed by atoms with van der Waals surface area (Å²) in [5.74, 6) is 1.63. The van der Waals surface area contributed by atoms with E-state index in [-0.39, 0.29) is 9.77 Å². The molecule has 2 nitrogen and oxygen atoms in total. The largest absolute Gasteiger partial charge is 0.191 e. The fourth-order valence-corrected chi connectivity index (χ4v) is 0.199. The molecule has 0 heterocycles. The predicted molar refractivity (Wildman–Crippen MR) is 37.9 cm³/mol. The molecule has 0 N–H and O–H groups in total. The van der Waals surface area contributed by atoms with Crippen LogP contribution in [0.4, 0.5) is 0 Å². The van der Waals surface area contributed by atoms with Crippen molar-refractivity contribution in [3.8, 4) is 6.07 Å². The SMILES string of the molecule is [N]=C=C(S)C(=S)C#N. The first-order valence-corrected chi connectivity index (χ1v) is 2.48. The van der Waals surface area contributed by atoms with Crippen LogP contribution in [0.25, 0.3) is 0 Å². The highest BCUT2D eigenvalue weighted by atomic mass is 32.1. The Morgan fingerprint density at radius 3 is 2.25 bits per heavy atom. The summed E-state index contributed by atoms with van der Waals surface area (Å²) in [6, 6.07) is 1.61. The molecular formula is C4HN2S2. The molecule has 0 atom stereocenters. The van der Waals surface area contributed by atoms with E-state index >= 15 is 0 Å². The number of nitriles is 1. The van der Waals surface area contributed by atoms with Gasteiger partial charge in [0.05, 0.1) is 4.91 Å². The summed E-state index contributed by atoms with van der Waals surface area (Å²) < 4.78 is 0. The first-order valence-electron chi connectivity index (χ1n) is 1.62. The highest BCUT2D eigenvalue weighted by molar-refractivity contribution is 7.90. The number of hydrogen-bond donors (Lipinski definition) is 1. The molecule has 0 amide bonds. The fourth-order valence-electron chi connectivity index (χ4n) is 0.104. The Hall–Kier alpha value is -0.620. The third-order valence-electron chi connectivity index (χ3n) is 0.423. The molecule has 0 aromatic rings. The summed E-state index contributed by atoms with van der Waals surface area (Å²) in [6.45, 7) is 0. The van der Waals surface area contributed by atoms with Gasteiger partial charge in [-0.2, -0.15) is 5.26 Å². The lowest BCUT2D eigenvalue weighted by Crippen LogP contribution is -1.88. The van der Waals surface area contributed by atoms with E-state index in [0.29, 0.717) is 0 Å². The van der Waals surface area contributed by atoms with Gasteiger partial charge in [0.15, 0.2) is 0 Å². The Labute approximate surface area is 57.7 Å². The summed E-state index contributed by atoms with van der Waals surface area (Å²) in [4.78, 5) is -0.0571. The third-order valence-corrected chi connectivity index (χ3v) is 1.19. The quantitative estimate of drug-likeness (QED) is 0.245. The van der Waals surface area contributed by atoms with Crippen LogP contribution in [0.2, 0.25) is 0 Å². The summed E-state index contributed by atoms with van der Waals surface area (Å²) in [7, 11) is 0. The smallest absolute Gasteiger partial charge is 0.138 e. The highest BCUT2D eigenvalue weighted by Gasteiger charge is 1.94. The van der Waals surface area contributed by atoms with Crippen molar-refractivity contribution in [2.75, 3.05) is 0 Å². The number of allylic oxidation sites excluding steroid dienone is 1. The summed E-state index contributed by atoms with van der Waals surface area (Å²) in [6.07, 6.45) is 0. The average Bonchev–Trinajstić information content (AvgIpc) is 1.84. The normalized spacial score (nSPS) is 6.50. The van der Waals surface area contributed by atoms with E-state index in [4.69, 9.17) is 10.7 Å². The molecule has 8 heavy (non-hydrogen) atoms. The molecule has 4 heteroatoms. The molecular weight excluding hydrogens is 140 g/mol. The van der Waals surface area contributed by atoms with Crippen LogP contribution in [0.1, 0.15) is 0 Å². The van der Waals surface area contributed by atoms with Crippen molar-refractivity contribution >= 4 is 35.6 Å². The Morgan fingerprint density at radius 2 is 2.12 bits per heavy atom. The van der Waals surface area contributed by atoms with Crippen LogP contribution in [0.3, 0.4) is 0 Å². The zero-order valence-corrected chi connectivity index (χ0v) is 5.46. The van der Waals surface area contributed by atoms with Crippen molar-refractivity contribution in [3.05, 3.63) is 4.91 Å². The molecule has 0 aliphatic rings. The molecule has 0 saturated heterocycles. The van der Waals surface area contributed by atoms with E-state index < -0.39 is 0 Å². The fraction of sp³-hybridized carbons (Fsp3) is 0. The van der Waals surface area contributed by atoms with E-state index in [0.717, 1.165) is 0 Å². The summed E-state index contributed by atoms with van der Waals surface area (Å²) in [5, 5.41) is 16.1. The molecule has 0 unspecified atom stereocenters. The number of rotatable bonds is 1. The van der Waals surface area contributed by atoms with E-state index in [9.17, 15) is 0 Å². The maximum absolute atomic E-state index is 8.03. The van der Waals surface area contributed by atoms with E-state index in [2.05, 4.69) is 24.8 Å². The standard InChI is InChI=1S/C4HN2S2/c5-1-3(7)4(8)2-6/h7H. The van der Waals surface area contributed by atoms with Gasteiger partial charge in [-0.15, -0.1) is 12.6 Å². The van der Waals surface area contributed by atoms with Crippen LogP contribution in [0.15, 0.2) is 4.91 Å². The molecule has 0 aromatic heterocycles. The topological polar surface area (TPSA) is 46.1 Å². The van der Waals surface area contributed by atoms with Crippen molar-refractivity contribution < 1.29 is 0 Å². The third kappa shape index (κ3) is 1.90. The van der Waals surface area contributed by atoms with Gasteiger partial charge >= 0.3 is 0 Å². The second kappa shape index (κ2) is 3.39. The first-order chi connectivity index (χ1) is 3.72. The van der Waals surface area contributed by atoms with Crippen LogP contribution < -0.4 is 5.41 Å². The Balaban J connectivity index is 4.33. The van der Waals surface area contributed by atoms with Crippen LogP contribution in [0.5, 0.6) is 0 Å². The monoisotopic (exact) mass is 141 g/mol. The minimum atomic E-state index is -0.0594. The van der Waals surface area contributed by atoms with Gasteiger partial charge in [-0.05, 0) is 0 Å². The zero-order valence-electron chi connectivity index (χ0n) is 3.75. The van der Waals surface area contributed by atoms with Crippen LogP contribution in [-0.4, -0.2) is 10.7 Å². The van der Waals surface area contributed by atoms with E-state index in [1.807, 2.05) is 0 Å². The molecule has 0 aromatic carbocycles. The predicted octanol–water partition coefficient (Wildman–Crippen LogP) is 0.163. The van der Waals surface area contributed by atoms with Crippen LogP contribution >= 0.6 is 24.8 Å². The van der Waals surface area contributed by atoms with Crippen molar-refractivity contribution in [1.29, 1.82) is 5.26 Å². The minimum absolute atomic E-state index is 0.00231. The molecule has 0 aliphatic heterocycles. The maximum atomic E-state index is 8.03. The Bertz CT molecular complexity index is 195. The lowest BCUT2D eigenvalue weighted by Gasteiger charge is -1.79. The molecule has 1 radical (unpaired) electrons. The van der Waals surface area contributed by atoms with Crippen LogP contribution in [0, 0.1) is 11.3 Å². The molecule has 0 bridgehead atoms. The first kappa shape index (κ1) is 7.38. The Kier molecular flexibility index (Phi) is 3.13. The second-order valence-electron chi connectivity index (χ2n) is 0.901. The van der Waals surface area contributed by atoms with Gasteiger partial charge in [-0.1, -0.05) is 17.6 Å². The van der Waals surface area contributed by atoms with Gasteiger partial charge in [0, 0.05) is 5.87 Å². The summed E-state index contributed by atoms with van der Waals surface area (Å²) >= 11 is 7.98. The molecule has 0 fully saturated rings. The van der Waals surface area contributed by atoms with Gasteiger partial charge < -0.3 is 0 Å². The van der Waals surface area contributed by atoms with Gasteiger partial charge in [0.1, 0.15) is 10.9 Å². The van der Waals surface area contributed by atoms with E-state index in [1.165, 1.54) is 0 Å².